The lowest BCUT2D eigenvalue weighted by Gasteiger charge is -2.12. The third kappa shape index (κ3) is 2.97. The van der Waals surface area contributed by atoms with Crippen LogP contribution in [0.3, 0.4) is 0 Å². The van der Waals surface area contributed by atoms with Crippen molar-refractivity contribution < 1.29 is 31.6 Å². The Morgan fingerprint density at radius 1 is 1.33 bits per heavy atom. The predicted octanol–water partition coefficient (Wildman–Crippen LogP) is 3.87. The van der Waals surface area contributed by atoms with E-state index in [1.165, 1.54) is 0 Å². The van der Waals surface area contributed by atoms with Gasteiger partial charge < -0.3 is 4.74 Å². The topological polar surface area (TPSA) is 52.4 Å². The van der Waals surface area contributed by atoms with Crippen LogP contribution in [-0.4, -0.2) is 11.5 Å². The number of alkyl halides is 5. The van der Waals surface area contributed by atoms with Crippen molar-refractivity contribution in [2.75, 3.05) is 0 Å². The summed E-state index contributed by atoms with van der Waals surface area (Å²) in [6, 6.07) is 1.16. The Labute approximate surface area is 101 Å². The van der Waals surface area contributed by atoms with Crippen molar-refractivity contribution in [3.05, 3.63) is 32.8 Å². The highest BCUT2D eigenvalue weighted by atomic mass is 35.5. The third-order valence-corrected chi connectivity index (χ3v) is 2.09. The summed E-state index contributed by atoms with van der Waals surface area (Å²) in [5.41, 5.74) is -3.47. The molecule has 1 aromatic rings. The lowest BCUT2D eigenvalue weighted by molar-refractivity contribution is -0.389. The van der Waals surface area contributed by atoms with Gasteiger partial charge in [0.15, 0.2) is 5.56 Å². The maximum absolute atomic E-state index is 12.6. The normalized spacial score (nSPS) is 11.7. The van der Waals surface area contributed by atoms with E-state index in [1.807, 2.05) is 0 Å². The number of nitrogens with zero attached hydrogens (tertiary/aromatic N) is 1. The van der Waals surface area contributed by atoms with Gasteiger partial charge in [0.2, 0.25) is 5.75 Å². The van der Waals surface area contributed by atoms with E-state index in [4.69, 9.17) is 11.6 Å². The highest BCUT2D eigenvalue weighted by Gasteiger charge is 2.43. The third-order valence-electron chi connectivity index (χ3n) is 1.77. The van der Waals surface area contributed by atoms with Crippen molar-refractivity contribution in [1.29, 1.82) is 0 Å². The Bertz CT molecular complexity index is 477. The molecule has 0 bridgehead atoms. The van der Waals surface area contributed by atoms with Crippen LogP contribution in [0, 0.1) is 10.1 Å². The zero-order valence-electron chi connectivity index (χ0n) is 8.17. The van der Waals surface area contributed by atoms with Crippen molar-refractivity contribution in [2.24, 2.45) is 0 Å². The second-order valence-corrected chi connectivity index (χ2v) is 3.31. The van der Waals surface area contributed by atoms with Gasteiger partial charge in [-0.25, -0.2) is 0 Å². The lowest BCUT2D eigenvalue weighted by atomic mass is 10.1. The van der Waals surface area contributed by atoms with E-state index in [0.29, 0.717) is 12.1 Å². The summed E-state index contributed by atoms with van der Waals surface area (Å²) in [5.74, 6) is -1.20. The van der Waals surface area contributed by atoms with Crippen LogP contribution < -0.4 is 4.74 Å². The number of nitro benzene ring substituents is 1. The van der Waals surface area contributed by atoms with Gasteiger partial charge in [-0.15, -0.1) is 0 Å². The smallest absolute Gasteiger partial charge is 0.424 e. The van der Waals surface area contributed by atoms with Crippen LogP contribution in [0.15, 0.2) is 12.1 Å². The van der Waals surface area contributed by atoms with E-state index < -0.39 is 39.7 Å². The van der Waals surface area contributed by atoms with E-state index in [2.05, 4.69) is 4.74 Å². The van der Waals surface area contributed by atoms with Crippen molar-refractivity contribution in [1.82, 2.24) is 0 Å². The summed E-state index contributed by atoms with van der Waals surface area (Å²) in [7, 11) is 0. The van der Waals surface area contributed by atoms with Gasteiger partial charge in [0, 0.05) is 0 Å². The van der Waals surface area contributed by atoms with Gasteiger partial charge in [-0.1, -0.05) is 11.6 Å². The molecule has 0 aliphatic carbocycles. The van der Waals surface area contributed by atoms with Crippen LogP contribution in [0.5, 0.6) is 5.75 Å². The fourth-order valence-electron chi connectivity index (χ4n) is 1.19. The fourth-order valence-corrected chi connectivity index (χ4v) is 1.45. The van der Waals surface area contributed by atoms with Crippen LogP contribution in [0.4, 0.5) is 27.6 Å². The quantitative estimate of drug-likeness (QED) is 0.482. The highest BCUT2D eigenvalue weighted by molar-refractivity contribution is 6.31. The number of hydrogen-bond acceptors (Lipinski definition) is 3. The maximum atomic E-state index is 12.6. The average molecular weight is 292 g/mol. The average Bonchev–Trinajstić information content (AvgIpc) is 2.17. The van der Waals surface area contributed by atoms with E-state index in [0.717, 1.165) is 0 Å². The molecule has 0 aliphatic heterocycles. The molecule has 0 amide bonds. The summed E-state index contributed by atoms with van der Waals surface area (Å²) in [5, 5.41) is 9.57. The SMILES string of the molecule is O=[N+]([O-])c1c(OC(F)F)ccc(Cl)c1C(F)(F)F. The van der Waals surface area contributed by atoms with Crippen LogP contribution in [0.1, 0.15) is 5.56 Å². The first-order chi connectivity index (χ1) is 8.14. The first kappa shape index (κ1) is 14.4. The molecule has 18 heavy (non-hydrogen) atoms. The molecule has 0 unspecified atom stereocenters. The standard InChI is InChI=1S/C8H3ClF5NO3/c9-3-1-2-4(18-7(10)11)6(15(16)17)5(3)8(12,13)14/h1-2,7H. The number of halogens is 6. The van der Waals surface area contributed by atoms with E-state index in [1.54, 1.807) is 0 Å². The van der Waals surface area contributed by atoms with Gasteiger partial charge in [0.05, 0.1) is 9.95 Å². The summed E-state index contributed by atoms with van der Waals surface area (Å²) in [6.45, 7) is -3.49. The molecule has 1 rings (SSSR count). The Morgan fingerprint density at radius 2 is 1.89 bits per heavy atom. The highest BCUT2D eigenvalue weighted by Crippen LogP contribution is 2.45. The molecule has 0 heterocycles. The minimum absolute atomic E-state index is 0.571. The van der Waals surface area contributed by atoms with Gasteiger partial charge >= 0.3 is 18.5 Å². The number of ether oxygens (including phenoxy) is 1. The maximum Gasteiger partial charge on any atom is 0.424 e. The molecule has 1 aromatic carbocycles. The van der Waals surface area contributed by atoms with Crippen LogP contribution in [0.25, 0.3) is 0 Å². The summed E-state index contributed by atoms with van der Waals surface area (Å²) < 4.78 is 65.2. The van der Waals surface area contributed by atoms with Crippen molar-refractivity contribution in [3.8, 4) is 5.75 Å². The second kappa shape index (κ2) is 4.92. The first-order valence-corrected chi connectivity index (χ1v) is 4.51. The molecule has 0 fully saturated rings. The number of nitro groups is 1. The molecule has 100 valence electrons. The first-order valence-electron chi connectivity index (χ1n) is 4.13. The van der Waals surface area contributed by atoms with Gasteiger partial charge in [-0.05, 0) is 12.1 Å². The van der Waals surface area contributed by atoms with Gasteiger partial charge in [-0.2, -0.15) is 22.0 Å². The molecular weight excluding hydrogens is 289 g/mol. The Morgan fingerprint density at radius 3 is 2.28 bits per heavy atom. The second-order valence-electron chi connectivity index (χ2n) is 2.90. The van der Waals surface area contributed by atoms with Crippen LogP contribution in [0.2, 0.25) is 5.02 Å². The molecule has 0 N–H and O–H groups in total. The van der Waals surface area contributed by atoms with E-state index >= 15 is 0 Å². The summed E-state index contributed by atoms with van der Waals surface area (Å²) in [6.07, 6.45) is -5.17. The predicted molar refractivity (Wildman–Crippen MR) is 49.7 cm³/mol. The molecule has 0 spiro atoms. The fraction of sp³-hybridized carbons (Fsp3) is 0.250. The zero-order chi connectivity index (χ0) is 14.1. The monoisotopic (exact) mass is 291 g/mol. The molecule has 0 radical (unpaired) electrons. The Hall–Kier alpha value is -1.64. The van der Waals surface area contributed by atoms with Crippen molar-refractivity contribution in [3.63, 3.8) is 0 Å². The number of hydrogen-bond donors (Lipinski definition) is 0. The Balaban J connectivity index is 3.53. The molecule has 0 saturated carbocycles. The molecule has 4 nitrogen and oxygen atoms in total. The van der Waals surface area contributed by atoms with Crippen LogP contribution >= 0.6 is 11.6 Å². The van der Waals surface area contributed by atoms with Crippen LogP contribution in [-0.2, 0) is 6.18 Å². The van der Waals surface area contributed by atoms with Crippen molar-refractivity contribution in [2.45, 2.75) is 12.8 Å². The van der Waals surface area contributed by atoms with Crippen molar-refractivity contribution >= 4 is 17.3 Å². The lowest BCUT2D eigenvalue weighted by Crippen LogP contribution is -2.12. The van der Waals surface area contributed by atoms with Gasteiger partial charge in [0.25, 0.3) is 0 Å². The number of benzene rings is 1. The largest absolute Gasteiger partial charge is 0.427 e. The van der Waals surface area contributed by atoms with Gasteiger partial charge in [-0.3, -0.25) is 10.1 Å². The minimum Gasteiger partial charge on any atom is -0.427 e. The molecule has 10 heteroatoms. The summed E-state index contributed by atoms with van der Waals surface area (Å²) in [4.78, 5) is 9.07. The van der Waals surface area contributed by atoms with E-state index in [9.17, 15) is 32.1 Å². The minimum atomic E-state index is -5.17. The zero-order valence-corrected chi connectivity index (χ0v) is 8.93. The molecular formula is C8H3ClF5NO3. The molecule has 0 atom stereocenters. The number of rotatable bonds is 3. The van der Waals surface area contributed by atoms with E-state index in [-0.39, 0.29) is 0 Å². The summed E-state index contributed by atoms with van der Waals surface area (Å²) >= 11 is 5.20. The Kier molecular flexibility index (Phi) is 3.95. The molecule has 0 aliphatic rings. The van der Waals surface area contributed by atoms with Gasteiger partial charge in [0.1, 0.15) is 0 Å². The molecule has 0 saturated heterocycles. The molecule has 0 aromatic heterocycles.